The van der Waals surface area contributed by atoms with E-state index in [1.165, 1.54) is 5.69 Å². The van der Waals surface area contributed by atoms with Gasteiger partial charge in [0.15, 0.2) is 6.10 Å². The summed E-state index contributed by atoms with van der Waals surface area (Å²) in [5, 5.41) is 0. The minimum absolute atomic E-state index is 0.0236. The quantitative estimate of drug-likeness (QED) is 0.839. The molecule has 1 aliphatic rings. The van der Waals surface area contributed by atoms with Crippen molar-refractivity contribution in [2.24, 2.45) is 0 Å². The molecule has 132 valence electrons. The van der Waals surface area contributed by atoms with Gasteiger partial charge in [-0.15, -0.1) is 0 Å². The van der Waals surface area contributed by atoms with Gasteiger partial charge in [-0.05, 0) is 31.2 Å². The molecule has 0 aromatic heterocycles. The molecule has 0 unspecified atom stereocenters. The monoisotopic (exact) mass is 340 g/mol. The molecule has 1 fully saturated rings. The van der Waals surface area contributed by atoms with Crippen LogP contribution in [-0.2, 0) is 4.79 Å². The van der Waals surface area contributed by atoms with Crippen LogP contribution in [0.5, 0.6) is 11.5 Å². The second kappa shape index (κ2) is 7.92. The van der Waals surface area contributed by atoms with E-state index in [0.29, 0.717) is 24.6 Å². The fourth-order valence-corrected chi connectivity index (χ4v) is 3.01. The van der Waals surface area contributed by atoms with Gasteiger partial charge in [0.2, 0.25) is 0 Å². The highest BCUT2D eigenvalue weighted by atomic mass is 16.5. The van der Waals surface area contributed by atoms with Crippen molar-refractivity contribution in [2.45, 2.75) is 13.0 Å². The van der Waals surface area contributed by atoms with Gasteiger partial charge in [0.25, 0.3) is 5.91 Å². The molecule has 0 radical (unpaired) electrons. The van der Waals surface area contributed by atoms with Gasteiger partial charge in [0.05, 0.1) is 7.11 Å². The Morgan fingerprint density at radius 2 is 1.64 bits per heavy atom. The number of anilines is 1. The molecular weight excluding hydrogens is 316 g/mol. The van der Waals surface area contributed by atoms with Crippen LogP contribution in [0.2, 0.25) is 0 Å². The first-order valence-electron chi connectivity index (χ1n) is 8.57. The summed E-state index contributed by atoms with van der Waals surface area (Å²) in [7, 11) is 1.61. The van der Waals surface area contributed by atoms with Gasteiger partial charge in [-0.1, -0.05) is 24.3 Å². The summed E-state index contributed by atoms with van der Waals surface area (Å²) in [6.45, 7) is 4.88. The molecule has 1 heterocycles. The fraction of sp³-hybridized carbons (Fsp3) is 0.350. The van der Waals surface area contributed by atoms with Gasteiger partial charge in [-0.3, -0.25) is 4.79 Å². The maximum atomic E-state index is 12.7. The lowest BCUT2D eigenvalue weighted by Crippen LogP contribution is -2.52. The van der Waals surface area contributed by atoms with E-state index in [-0.39, 0.29) is 5.91 Å². The first-order valence-corrected chi connectivity index (χ1v) is 8.57. The summed E-state index contributed by atoms with van der Waals surface area (Å²) >= 11 is 0. The van der Waals surface area contributed by atoms with Crippen LogP contribution < -0.4 is 14.4 Å². The SMILES string of the molecule is COc1cccc(O[C@@H](C)C(=O)N2CCN(c3ccccc3)CC2)c1. The van der Waals surface area contributed by atoms with E-state index in [9.17, 15) is 4.79 Å². The summed E-state index contributed by atoms with van der Waals surface area (Å²) in [5.74, 6) is 1.38. The predicted molar refractivity (Wildman–Crippen MR) is 98.3 cm³/mol. The summed E-state index contributed by atoms with van der Waals surface area (Å²) < 4.78 is 11.0. The third-order valence-electron chi connectivity index (χ3n) is 4.41. The van der Waals surface area contributed by atoms with E-state index in [4.69, 9.17) is 9.47 Å². The molecule has 0 saturated carbocycles. The predicted octanol–water partition coefficient (Wildman–Crippen LogP) is 2.81. The number of nitrogens with zero attached hydrogens (tertiary/aromatic N) is 2. The molecule has 0 aliphatic carbocycles. The summed E-state index contributed by atoms with van der Waals surface area (Å²) in [6.07, 6.45) is -0.518. The highest BCUT2D eigenvalue weighted by Crippen LogP contribution is 2.21. The Morgan fingerprint density at radius 1 is 0.960 bits per heavy atom. The second-order valence-corrected chi connectivity index (χ2v) is 6.09. The Balaban J connectivity index is 1.54. The van der Waals surface area contributed by atoms with Crippen LogP contribution in [0.4, 0.5) is 5.69 Å². The molecule has 2 aromatic carbocycles. The van der Waals surface area contributed by atoms with Gasteiger partial charge in [0.1, 0.15) is 11.5 Å². The molecule has 1 aliphatic heterocycles. The number of hydrogen-bond acceptors (Lipinski definition) is 4. The standard InChI is InChI=1S/C20H24N2O3/c1-16(25-19-10-6-9-18(15-19)24-2)20(23)22-13-11-21(12-14-22)17-7-4-3-5-8-17/h3-10,15-16H,11-14H2,1-2H3/t16-/m0/s1. The molecule has 0 spiro atoms. The average Bonchev–Trinajstić information content (AvgIpc) is 2.68. The average molecular weight is 340 g/mol. The Labute approximate surface area is 148 Å². The number of benzene rings is 2. The largest absolute Gasteiger partial charge is 0.497 e. The van der Waals surface area contributed by atoms with Crippen LogP contribution in [0.1, 0.15) is 6.92 Å². The third-order valence-corrected chi connectivity index (χ3v) is 4.41. The maximum Gasteiger partial charge on any atom is 0.263 e. The van der Waals surface area contributed by atoms with Crippen molar-refractivity contribution in [3.63, 3.8) is 0 Å². The number of amides is 1. The Morgan fingerprint density at radius 3 is 2.32 bits per heavy atom. The minimum atomic E-state index is -0.518. The van der Waals surface area contributed by atoms with Crippen molar-refractivity contribution in [1.29, 1.82) is 0 Å². The van der Waals surface area contributed by atoms with Crippen LogP contribution >= 0.6 is 0 Å². The molecule has 5 heteroatoms. The second-order valence-electron chi connectivity index (χ2n) is 6.09. The molecule has 1 saturated heterocycles. The molecule has 2 aromatic rings. The number of hydrogen-bond donors (Lipinski definition) is 0. The zero-order valence-electron chi connectivity index (χ0n) is 14.7. The van der Waals surface area contributed by atoms with Gasteiger partial charge >= 0.3 is 0 Å². The maximum absolute atomic E-state index is 12.7. The number of piperazine rings is 1. The molecule has 3 rings (SSSR count). The topological polar surface area (TPSA) is 42.0 Å². The van der Waals surface area contributed by atoms with E-state index >= 15 is 0 Å². The molecule has 1 amide bonds. The van der Waals surface area contributed by atoms with E-state index < -0.39 is 6.10 Å². The molecule has 1 atom stereocenters. The lowest BCUT2D eigenvalue weighted by molar-refractivity contribution is -0.138. The van der Waals surface area contributed by atoms with Crippen molar-refractivity contribution in [3.8, 4) is 11.5 Å². The molecule has 5 nitrogen and oxygen atoms in total. The van der Waals surface area contributed by atoms with Gasteiger partial charge in [-0.2, -0.15) is 0 Å². The van der Waals surface area contributed by atoms with E-state index in [1.807, 2.05) is 41.3 Å². The highest BCUT2D eigenvalue weighted by molar-refractivity contribution is 5.81. The lowest BCUT2D eigenvalue weighted by Gasteiger charge is -2.37. The van der Waals surface area contributed by atoms with Crippen LogP contribution in [-0.4, -0.2) is 50.2 Å². The molecular formula is C20H24N2O3. The van der Waals surface area contributed by atoms with Gasteiger partial charge < -0.3 is 19.3 Å². The van der Waals surface area contributed by atoms with Crippen molar-refractivity contribution >= 4 is 11.6 Å². The van der Waals surface area contributed by atoms with Crippen LogP contribution in [0.3, 0.4) is 0 Å². The minimum Gasteiger partial charge on any atom is -0.497 e. The Hall–Kier alpha value is -2.69. The number of para-hydroxylation sites is 1. The lowest BCUT2D eigenvalue weighted by atomic mass is 10.2. The van der Waals surface area contributed by atoms with E-state index in [0.717, 1.165) is 13.1 Å². The smallest absolute Gasteiger partial charge is 0.263 e. The normalized spacial score (nSPS) is 15.6. The van der Waals surface area contributed by atoms with E-state index in [2.05, 4.69) is 17.0 Å². The summed E-state index contributed by atoms with van der Waals surface area (Å²) in [6, 6.07) is 17.6. The summed E-state index contributed by atoms with van der Waals surface area (Å²) in [5.41, 5.74) is 1.20. The van der Waals surface area contributed by atoms with E-state index in [1.54, 1.807) is 20.1 Å². The van der Waals surface area contributed by atoms with Crippen LogP contribution in [0.25, 0.3) is 0 Å². The molecule has 25 heavy (non-hydrogen) atoms. The first kappa shape index (κ1) is 17.1. The first-order chi connectivity index (χ1) is 12.2. The fourth-order valence-electron chi connectivity index (χ4n) is 3.01. The van der Waals surface area contributed by atoms with Gasteiger partial charge in [-0.25, -0.2) is 0 Å². The number of ether oxygens (including phenoxy) is 2. The van der Waals surface area contributed by atoms with Crippen LogP contribution in [0.15, 0.2) is 54.6 Å². The number of carbonyl (C=O) groups is 1. The van der Waals surface area contributed by atoms with Crippen molar-refractivity contribution < 1.29 is 14.3 Å². The number of rotatable bonds is 5. The zero-order chi connectivity index (χ0) is 17.6. The third kappa shape index (κ3) is 4.24. The summed E-state index contributed by atoms with van der Waals surface area (Å²) in [4.78, 5) is 16.8. The Kier molecular flexibility index (Phi) is 5.43. The van der Waals surface area contributed by atoms with Crippen molar-refractivity contribution in [2.75, 3.05) is 38.2 Å². The molecule has 0 N–H and O–H groups in total. The Bertz CT molecular complexity index is 697. The molecule has 0 bridgehead atoms. The highest BCUT2D eigenvalue weighted by Gasteiger charge is 2.26. The zero-order valence-corrected chi connectivity index (χ0v) is 14.7. The number of methoxy groups -OCH3 is 1. The van der Waals surface area contributed by atoms with Crippen molar-refractivity contribution in [3.05, 3.63) is 54.6 Å². The van der Waals surface area contributed by atoms with Crippen molar-refractivity contribution in [1.82, 2.24) is 4.90 Å². The van der Waals surface area contributed by atoms with Crippen LogP contribution in [0, 0.1) is 0 Å². The van der Waals surface area contributed by atoms with Gasteiger partial charge in [0, 0.05) is 37.9 Å². The number of carbonyl (C=O) groups excluding carboxylic acids is 1.